The lowest BCUT2D eigenvalue weighted by Crippen LogP contribution is -2.45. The molecule has 0 aliphatic carbocycles. The van der Waals surface area contributed by atoms with E-state index in [0.717, 1.165) is 0 Å². The molecule has 0 aliphatic rings. The molecule has 2 unspecified atom stereocenters. The summed E-state index contributed by atoms with van der Waals surface area (Å²) in [5, 5.41) is 34.4. The van der Waals surface area contributed by atoms with Gasteiger partial charge < -0.3 is 51.6 Å². The summed E-state index contributed by atoms with van der Waals surface area (Å²) in [5.74, 6) is -5.26. The summed E-state index contributed by atoms with van der Waals surface area (Å²) in [7, 11) is 2.90. The molecule has 0 fully saturated rings. The van der Waals surface area contributed by atoms with Gasteiger partial charge in [0.1, 0.15) is 6.04 Å². The van der Waals surface area contributed by atoms with E-state index in [4.69, 9.17) is 14.6 Å². The van der Waals surface area contributed by atoms with Gasteiger partial charge in [-0.25, -0.2) is 4.79 Å². The number of aliphatic carboxylic acids is 2. The normalized spacial score (nSPS) is 13.0. The monoisotopic (exact) mass is 820 g/mol. The van der Waals surface area contributed by atoms with Gasteiger partial charge in [0.25, 0.3) is 11.8 Å². The summed E-state index contributed by atoms with van der Waals surface area (Å²) >= 11 is 0. The Morgan fingerprint density at radius 1 is 0.741 bits per heavy atom. The summed E-state index contributed by atoms with van der Waals surface area (Å²) in [6.07, 6.45) is 1.37. The minimum Gasteiger partial charge on any atom is -0.481 e. The molecular weight excluding hydrogens is 756 g/mol. The third-order valence-corrected chi connectivity index (χ3v) is 9.69. The topological polar surface area (TPSA) is 268 Å². The predicted octanol–water partition coefficient (Wildman–Crippen LogP) is 2.32. The second kappa shape index (κ2) is 25.3. The number of nitrogens with one attached hydrogen (secondary N) is 6. The summed E-state index contributed by atoms with van der Waals surface area (Å²) in [4.78, 5) is 98.1. The van der Waals surface area contributed by atoms with Gasteiger partial charge in [0, 0.05) is 80.2 Å². The predicted molar refractivity (Wildman–Crippen MR) is 215 cm³/mol. The van der Waals surface area contributed by atoms with E-state index in [1.807, 2.05) is 6.92 Å². The molecule has 0 saturated heterocycles. The van der Waals surface area contributed by atoms with E-state index in [0.29, 0.717) is 19.3 Å². The summed E-state index contributed by atoms with van der Waals surface area (Å²) in [6, 6.07) is 3.11. The minimum atomic E-state index is -1.22. The van der Waals surface area contributed by atoms with Gasteiger partial charge in [-0.05, 0) is 49.8 Å². The van der Waals surface area contributed by atoms with Crippen LogP contribution in [0.5, 0.6) is 0 Å². The smallest absolute Gasteiger partial charge is 0.326 e. The van der Waals surface area contributed by atoms with Crippen molar-refractivity contribution < 1.29 is 58.0 Å². The molecule has 18 nitrogen and oxygen atoms in total. The third-order valence-electron chi connectivity index (χ3n) is 9.69. The van der Waals surface area contributed by atoms with Crippen LogP contribution in [0.15, 0.2) is 18.2 Å². The minimum absolute atomic E-state index is 0.0188. The first-order valence-electron chi connectivity index (χ1n) is 19.5. The van der Waals surface area contributed by atoms with Crippen LogP contribution in [0.3, 0.4) is 0 Å². The van der Waals surface area contributed by atoms with Crippen LogP contribution in [0.25, 0.3) is 0 Å². The van der Waals surface area contributed by atoms with Crippen molar-refractivity contribution in [1.29, 1.82) is 0 Å². The molecule has 0 saturated carbocycles. The van der Waals surface area contributed by atoms with Crippen LogP contribution >= 0.6 is 0 Å². The van der Waals surface area contributed by atoms with Gasteiger partial charge >= 0.3 is 11.9 Å². The van der Waals surface area contributed by atoms with E-state index < -0.39 is 58.4 Å². The number of hydrogen-bond acceptors (Lipinski definition) is 10. The molecule has 8 N–H and O–H groups in total. The van der Waals surface area contributed by atoms with Crippen LogP contribution in [0.4, 0.5) is 5.69 Å². The first-order chi connectivity index (χ1) is 27.2. The zero-order valence-electron chi connectivity index (χ0n) is 35.1. The zero-order chi connectivity index (χ0) is 44.1. The highest BCUT2D eigenvalue weighted by Gasteiger charge is 2.32. The van der Waals surface area contributed by atoms with Crippen molar-refractivity contribution in [3.05, 3.63) is 29.3 Å². The Morgan fingerprint density at radius 2 is 1.28 bits per heavy atom. The van der Waals surface area contributed by atoms with Gasteiger partial charge in [-0.15, -0.1) is 0 Å². The SMILES string of the molecule is CCC(CC(=O)O)CC(C)C(=O)N[C@@H](CCC(C)(C)C(=O)NCCOCCOCCC(C)(C)C(=O)NCCC(=O)Nc1cc(C(=O)NC)cc(C(=O)NC)c1)C(=O)O. The van der Waals surface area contributed by atoms with E-state index in [2.05, 4.69) is 31.9 Å². The number of carboxylic acids is 2. The maximum atomic E-state index is 12.8. The summed E-state index contributed by atoms with van der Waals surface area (Å²) in [5.41, 5.74) is -1.07. The fourth-order valence-electron chi connectivity index (χ4n) is 5.68. The molecule has 1 aromatic rings. The molecule has 18 heteroatoms. The van der Waals surface area contributed by atoms with E-state index in [-0.39, 0.29) is 99.7 Å². The molecule has 0 aliphatic heterocycles. The van der Waals surface area contributed by atoms with Crippen LogP contribution < -0.4 is 31.9 Å². The van der Waals surface area contributed by atoms with Gasteiger partial charge in [0.05, 0.1) is 19.8 Å². The fraction of sp³-hybridized carbons (Fsp3) is 0.650. The van der Waals surface area contributed by atoms with Crippen LogP contribution in [-0.2, 0) is 38.2 Å². The number of hydrogen-bond donors (Lipinski definition) is 8. The fourth-order valence-corrected chi connectivity index (χ4v) is 5.68. The van der Waals surface area contributed by atoms with E-state index in [1.54, 1.807) is 34.6 Å². The third kappa shape index (κ3) is 18.9. The zero-order valence-corrected chi connectivity index (χ0v) is 35.1. The average molecular weight is 821 g/mol. The van der Waals surface area contributed by atoms with Gasteiger partial charge in [-0.1, -0.05) is 48.0 Å². The Labute approximate surface area is 340 Å². The maximum Gasteiger partial charge on any atom is 0.326 e. The van der Waals surface area contributed by atoms with Crippen molar-refractivity contribution in [2.75, 3.05) is 58.9 Å². The average Bonchev–Trinajstić information content (AvgIpc) is 3.16. The number of carbonyl (C=O) groups excluding carboxylic acids is 6. The van der Waals surface area contributed by atoms with Crippen LogP contribution in [0.1, 0.15) is 107 Å². The van der Waals surface area contributed by atoms with Gasteiger partial charge in [0.15, 0.2) is 0 Å². The van der Waals surface area contributed by atoms with Gasteiger partial charge in [-0.2, -0.15) is 0 Å². The highest BCUT2D eigenvalue weighted by atomic mass is 16.5. The Kier molecular flexibility index (Phi) is 22.2. The van der Waals surface area contributed by atoms with E-state index in [1.165, 1.54) is 32.3 Å². The molecule has 0 bridgehead atoms. The van der Waals surface area contributed by atoms with Gasteiger partial charge in [0.2, 0.25) is 23.6 Å². The van der Waals surface area contributed by atoms with Crippen LogP contribution in [0, 0.1) is 22.7 Å². The standard InChI is InChI=1S/C40H64N6O12/c1-9-26(21-32(48)49)20-25(2)33(50)46-30(36(53)54)10-12-39(3,4)37(55)44-15-17-58-19-18-57-16-13-40(5,6)38(56)43-14-11-31(47)45-29-23-27(34(51)41-7)22-28(24-29)35(52)42-8/h22-26,30H,9-21H2,1-8H3,(H,41,51)(H,42,52)(H,43,56)(H,44,55)(H,45,47)(H,46,50)(H,48,49)(H,53,54)/t25?,26?,30-/m0/s1. The Hall–Kier alpha value is -5.10. The molecule has 0 spiro atoms. The van der Waals surface area contributed by atoms with Gasteiger partial charge in [-0.3, -0.25) is 33.6 Å². The van der Waals surface area contributed by atoms with Crippen molar-refractivity contribution in [3.63, 3.8) is 0 Å². The Bertz CT molecular complexity index is 1550. The van der Waals surface area contributed by atoms with Crippen LogP contribution in [0.2, 0.25) is 0 Å². The highest BCUT2D eigenvalue weighted by Crippen LogP contribution is 2.25. The lowest BCUT2D eigenvalue weighted by atomic mass is 9.85. The molecule has 3 atom stereocenters. The second-order valence-corrected chi connectivity index (χ2v) is 15.5. The number of carbonyl (C=O) groups is 8. The molecule has 0 aromatic heterocycles. The highest BCUT2D eigenvalue weighted by molar-refractivity contribution is 6.02. The lowest BCUT2D eigenvalue weighted by molar-refractivity contribution is -0.143. The number of amides is 6. The molecule has 1 rings (SSSR count). The molecular formula is C40H64N6O12. The molecule has 1 aromatic carbocycles. The van der Waals surface area contributed by atoms with E-state index in [9.17, 15) is 43.5 Å². The summed E-state index contributed by atoms with van der Waals surface area (Å²) < 4.78 is 11.2. The van der Waals surface area contributed by atoms with Crippen molar-refractivity contribution >= 4 is 53.1 Å². The maximum absolute atomic E-state index is 12.8. The largest absolute Gasteiger partial charge is 0.481 e. The number of anilines is 1. The number of carboxylic acid groups (broad SMARTS) is 2. The lowest BCUT2D eigenvalue weighted by Gasteiger charge is -2.26. The number of ether oxygens (including phenoxy) is 2. The Balaban J connectivity index is 2.37. The molecule has 0 heterocycles. The van der Waals surface area contributed by atoms with Crippen molar-refractivity contribution in [3.8, 4) is 0 Å². The van der Waals surface area contributed by atoms with E-state index >= 15 is 0 Å². The first-order valence-corrected chi connectivity index (χ1v) is 19.5. The summed E-state index contributed by atoms with van der Waals surface area (Å²) in [6.45, 7) is 11.6. The quantitative estimate of drug-likeness (QED) is 0.0567. The molecule has 6 amide bonds. The molecule has 326 valence electrons. The second-order valence-electron chi connectivity index (χ2n) is 15.5. The van der Waals surface area contributed by atoms with Crippen molar-refractivity contribution in [2.45, 2.75) is 92.5 Å². The first kappa shape index (κ1) is 50.9. The molecule has 58 heavy (non-hydrogen) atoms. The number of benzene rings is 1. The van der Waals surface area contributed by atoms with Crippen LogP contribution in [-0.4, -0.2) is 117 Å². The Morgan fingerprint density at radius 3 is 1.79 bits per heavy atom. The van der Waals surface area contributed by atoms with Crippen molar-refractivity contribution in [2.24, 2.45) is 22.7 Å². The molecule has 0 radical (unpaired) electrons. The van der Waals surface area contributed by atoms with Crippen molar-refractivity contribution in [1.82, 2.24) is 26.6 Å². The number of rotatable bonds is 28.